The number of aromatic nitrogens is 3. The van der Waals surface area contributed by atoms with Gasteiger partial charge in [-0.3, -0.25) is 18.7 Å². The van der Waals surface area contributed by atoms with Crippen molar-refractivity contribution in [1.82, 2.24) is 14.1 Å². The molecule has 0 saturated heterocycles. The second kappa shape index (κ2) is 7.02. The molecule has 0 aliphatic heterocycles. The summed E-state index contributed by atoms with van der Waals surface area (Å²) in [6, 6.07) is 5.72. The Bertz CT molecular complexity index is 1170. The fourth-order valence-corrected chi connectivity index (χ4v) is 2.66. The van der Waals surface area contributed by atoms with Crippen molar-refractivity contribution in [1.29, 1.82) is 0 Å². The minimum Gasteiger partial charge on any atom is -0.481 e. The predicted octanol–water partition coefficient (Wildman–Crippen LogP) is 1.10. The molecular weight excluding hydrogens is 355 g/mol. The summed E-state index contributed by atoms with van der Waals surface area (Å²) >= 11 is 0. The first-order valence-corrected chi connectivity index (χ1v) is 8.03. The molecule has 0 atom stereocenters. The van der Waals surface area contributed by atoms with Gasteiger partial charge in [0.2, 0.25) is 0 Å². The van der Waals surface area contributed by atoms with E-state index < -0.39 is 29.6 Å². The van der Waals surface area contributed by atoms with Gasteiger partial charge in [0.25, 0.3) is 11.5 Å². The van der Waals surface area contributed by atoms with E-state index in [1.54, 1.807) is 13.0 Å². The fourth-order valence-electron chi connectivity index (χ4n) is 2.66. The van der Waals surface area contributed by atoms with Gasteiger partial charge in [0.15, 0.2) is 23.8 Å². The van der Waals surface area contributed by atoms with E-state index in [1.165, 1.54) is 43.1 Å². The van der Waals surface area contributed by atoms with E-state index in [2.05, 4.69) is 10.3 Å². The van der Waals surface area contributed by atoms with Crippen molar-refractivity contribution in [2.45, 2.75) is 6.92 Å². The van der Waals surface area contributed by atoms with Crippen LogP contribution in [0.4, 0.5) is 10.1 Å². The van der Waals surface area contributed by atoms with Crippen LogP contribution in [0.25, 0.3) is 11.0 Å². The Balaban J connectivity index is 1.96. The van der Waals surface area contributed by atoms with Crippen LogP contribution < -0.4 is 21.3 Å². The maximum absolute atomic E-state index is 13.6. The maximum atomic E-state index is 13.6. The number of para-hydroxylation sites is 1. The average molecular weight is 372 g/mol. The number of nitrogens with zero attached hydrogens (tertiary/aromatic N) is 3. The number of anilines is 1. The van der Waals surface area contributed by atoms with Crippen LogP contribution in [0.5, 0.6) is 5.75 Å². The number of ether oxygens (including phenoxy) is 1. The standard InChI is InChI=1S/C18H17FN4O4/c1-10-8-20-16-14(17(25)23(3)18(26)22(16)2)15(10)21-13(24)9-27-12-7-5-4-6-11(12)19/h4-8H,9H2,1-3H3,(H,20,21,24). The number of hydrogen-bond donors (Lipinski definition) is 1. The van der Waals surface area contributed by atoms with Crippen LogP contribution in [0.15, 0.2) is 40.1 Å². The van der Waals surface area contributed by atoms with E-state index in [0.717, 1.165) is 4.57 Å². The van der Waals surface area contributed by atoms with Gasteiger partial charge in [-0.2, -0.15) is 0 Å². The molecule has 2 heterocycles. The predicted molar refractivity (Wildman–Crippen MR) is 97.5 cm³/mol. The van der Waals surface area contributed by atoms with Crippen molar-refractivity contribution < 1.29 is 13.9 Å². The third-order valence-electron chi connectivity index (χ3n) is 4.12. The van der Waals surface area contributed by atoms with Gasteiger partial charge < -0.3 is 10.1 Å². The van der Waals surface area contributed by atoms with Crippen LogP contribution >= 0.6 is 0 Å². The Kier molecular flexibility index (Phi) is 4.76. The molecule has 3 aromatic rings. The quantitative estimate of drug-likeness (QED) is 0.740. The Morgan fingerprint density at radius 2 is 1.93 bits per heavy atom. The normalized spacial score (nSPS) is 10.8. The van der Waals surface area contributed by atoms with Crippen LogP contribution in [0.3, 0.4) is 0 Å². The largest absolute Gasteiger partial charge is 0.481 e. The summed E-state index contributed by atoms with van der Waals surface area (Å²) in [4.78, 5) is 41.0. The third kappa shape index (κ3) is 3.31. The number of fused-ring (bicyclic) bond motifs is 1. The summed E-state index contributed by atoms with van der Waals surface area (Å²) in [5.41, 5.74) is -0.173. The van der Waals surface area contributed by atoms with Crippen molar-refractivity contribution >= 4 is 22.6 Å². The highest BCUT2D eigenvalue weighted by atomic mass is 19.1. The summed E-state index contributed by atoms with van der Waals surface area (Å²) in [6.45, 7) is 1.22. The molecule has 0 fully saturated rings. The summed E-state index contributed by atoms with van der Waals surface area (Å²) in [5.74, 6) is -1.22. The van der Waals surface area contributed by atoms with Gasteiger partial charge in [0, 0.05) is 20.3 Å². The molecule has 8 nitrogen and oxygen atoms in total. The van der Waals surface area contributed by atoms with Crippen LogP contribution in [-0.4, -0.2) is 26.6 Å². The van der Waals surface area contributed by atoms with E-state index in [-0.39, 0.29) is 22.5 Å². The topological polar surface area (TPSA) is 95.2 Å². The Labute approximate surface area is 152 Å². The highest BCUT2D eigenvalue weighted by Gasteiger charge is 2.17. The minimum absolute atomic E-state index is 0.0535. The molecule has 1 N–H and O–H groups in total. The lowest BCUT2D eigenvalue weighted by atomic mass is 10.2. The number of rotatable bonds is 4. The molecule has 0 aliphatic carbocycles. The zero-order chi connectivity index (χ0) is 19.7. The minimum atomic E-state index is -0.584. The Hall–Kier alpha value is -3.49. The molecular formula is C18H17FN4O4. The van der Waals surface area contributed by atoms with Gasteiger partial charge in [-0.05, 0) is 24.6 Å². The number of nitrogens with one attached hydrogen (secondary N) is 1. The van der Waals surface area contributed by atoms with Crippen molar-refractivity contribution in [2.75, 3.05) is 11.9 Å². The summed E-state index contributed by atoms with van der Waals surface area (Å²) in [6.07, 6.45) is 1.45. The molecule has 0 radical (unpaired) electrons. The number of hydrogen-bond acceptors (Lipinski definition) is 5. The van der Waals surface area contributed by atoms with Crippen LogP contribution in [0, 0.1) is 12.7 Å². The molecule has 1 amide bonds. The molecule has 0 unspecified atom stereocenters. The van der Waals surface area contributed by atoms with E-state index in [9.17, 15) is 18.8 Å². The number of benzene rings is 1. The lowest BCUT2D eigenvalue weighted by Crippen LogP contribution is -2.38. The van der Waals surface area contributed by atoms with E-state index >= 15 is 0 Å². The van der Waals surface area contributed by atoms with Crippen LogP contribution in [0.2, 0.25) is 0 Å². The first-order chi connectivity index (χ1) is 12.8. The molecule has 0 bridgehead atoms. The maximum Gasteiger partial charge on any atom is 0.332 e. The van der Waals surface area contributed by atoms with Crippen molar-refractivity contribution in [3.63, 3.8) is 0 Å². The van der Waals surface area contributed by atoms with Gasteiger partial charge in [-0.15, -0.1) is 0 Å². The molecule has 27 heavy (non-hydrogen) atoms. The second-order valence-electron chi connectivity index (χ2n) is 5.99. The number of halogens is 1. The monoisotopic (exact) mass is 372 g/mol. The smallest absolute Gasteiger partial charge is 0.332 e. The number of carbonyl (C=O) groups is 1. The Morgan fingerprint density at radius 1 is 1.22 bits per heavy atom. The van der Waals surface area contributed by atoms with Gasteiger partial charge in [-0.25, -0.2) is 14.2 Å². The lowest BCUT2D eigenvalue weighted by molar-refractivity contribution is -0.118. The molecule has 0 aliphatic rings. The van der Waals surface area contributed by atoms with Crippen molar-refractivity contribution in [3.05, 3.63) is 62.7 Å². The van der Waals surface area contributed by atoms with E-state index in [1.807, 2.05) is 0 Å². The number of carbonyl (C=O) groups excluding carboxylic acids is 1. The van der Waals surface area contributed by atoms with Crippen molar-refractivity contribution in [3.8, 4) is 5.75 Å². The first-order valence-electron chi connectivity index (χ1n) is 8.03. The van der Waals surface area contributed by atoms with Gasteiger partial charge in [-0.1, -0.05) is 12.1 Å². The zero-order valence-corrected chi connectivity index (χ0v) is 14.9. The Morgan fingerprint density at radius 3 is 2.63 bits per heavy atom. The first kappa shape index (κ1) is 18.3. The zero-order valence-electron chi connectivity index (χ0n) is 14.9. The second-order valence-corrected chi connectivity index (χ2v) is 5.99. The number of aryl methyl sites for hydroxylation is 2. The summed E-state index contributed by atoms with van der Waals surface area (Å²) < 4.78 is 20.9. The van der Waals surface area contributed by atoms with Crippen molar-refractivity contribution in [2.24, 2.45) is 14.1 Å². The molecule has 2 aromatic heterocycles. The molecule has 0 spiro atoms. The summed E-state index contributed by atoms with van der Waals surface area (Å²) in [5, 5.41) is 2.71. The van der Waals surface area contributed by atoms with Gasteiger partial charge >= 0.3 is 5.69 Å². The van der Waals surface area contributed by atoms with Gasteiger partial charge in [0.1, 0.15) is 5.39 Å². The van der Waals surface area contributed by atoms with Gasteiger partial charge in [0.05, 0.1) is 5.69 Å². The molecule has 3 rings (SSSR count). The summed E-state index contributed by atoms with van der Waals surface area (Å²) in [7, 11) is 2.83. The van der Waals surface area contributed by atoms with E-state index in [4.69, 9.17) is 4.74 Å². The molecule has 1 aromatic carbocycles. The van der Waals surface area contributed by atoms with Crippen LogP contribution in [-0.2, 0) is 18.9 Å². The SMILES string of the molecule is Cc1cnc2c(c1NC(=O)COc1ccccc1F)c(=O)n(C)c(=O)n2C. The number of pyridine rings is 1. The molecule has 140 valence electrons. The molecule has 9 heteroatoms. The highest BCUT2D eigenvalue weighted by Crippen LogP contribution is 2.22. The third-order valence-corrected chi connectivity index (χ3v) is 4.12. The average Bonchev–Trinajstić information content (AvgIpc) is 2.65. The van der Waals surface area contributed by atoms with E-state index in [0.29, 0.717) is 5.56 Å². The highest BCUT2D eigenvalue weighted by molar-refractivity contribution is 6.01. The number of amides is 1. The fraction of sp³-hybridized carbons (Fsp3) is 0.222. The molecule has 0 saturated carbocycles. The van der Waals surface area contributed by atoms with Crippen LogP contribution in [0.1, 0.15) is 5.56 Å². The lowest BCUT2D eigenvalue weighted by Gasteiger charge is -2.14.